The van der Waals surface area contributed by atoms with Gasteiger partial charge in [0.1, 0.15) is 0 Å². The van der Waals surface area contributed by atoms with Crippen LogP contribution in [-0.2, 0) is 4.79 Å². The van der Waals surface area contributed by atoms with Gasteiger partial charge in [-0.2, -0.15) is 0 Å². The van der Waals surface area contributed by atoms with Crippen LogP contribution in [0.4, 0.5) is 5.69 Å². The van der Waals surface area contributed by atoms with Gasteiger partial charge in [-0.1, -0.05) is 23.2 Å². The molecule has 5 nitrogen and oxygen atoms in total. The van der Waals surface area contributed by atoms with Crippen molar-refractivity contribution < 1.29 is 9.90 Å². The van der Waals surface area contributed by atoms with Crippen LogP contribution in [0.1, 0.15) is 6.42 Å². The number of nitrogens with zero attached hydrogens (tertiary/aromatic N) is 2. The summed E-state index contributed by atoms with van der Waals surface area (Å²) in [5.41, 5.74) is 1.02. The summed E-state index contributed by atoms with van der Waals surface area (Å²) < 4.78 is 0. The van der Waals surface area contributed by atoms with E-state index in [-0.39, 0.29) is 11.9 Å². The Morgan fingerprint density at radius 1 is 1.18 bits per heavy atom. The summed E-state index contributed by atoms with van der Waals surface area (Å²) in [6, 6.07) is 5.35. The molecule has 22 heavy (non-hydrogen) atoms. The van der Waals surface area contributed by atoms with Gasteiger partial charge in [-0.25, -0.2) is 0 Å². The number of β-amino-alcohol motifs (C(OH)–C–C–N with tert-alkyl or cyclic N) is 1. The summed E-state index contributed by atoms with van der Waals surface area (Å²) in [5.74, 6) is 0.0883. The maximum atomic E-state index is 12.4. The lowest BCUT2D eigenvalue weighted by atomic mass is 10.1. The Morgan fingerprint density at radius 3 is 2.50 bits per heavy atom. The number of carbonyl (C=O) groups excluding carboxylic acids is 1. The number of amides is 1. The molecule has 0 bridgehead atoms. The maximum absolute atomic E-state index is 12.4. The monoisotopic (exact) mass is 343 g/mol. The van der Waals surface area contributed by atoms with Crippen molar-refractivity contribution in [2.24, 2.45) is 0 Å². The van der Waals surface area contributed by atoms with Crippen molar-refractivity contribution in [2.75, 3.05) is 37.6 Å². The molecule has 2 aliphatic rings. The second-order valence-corrected chi connectivity index (χ2v) is 6.58. The lowest BCUT2D eigenvalue weighted by Crippen LogP contribution is -2.53. The highest BCUT2D eigenvalue weighted by molar-refractivity contribution is 6.42. The molecular weight excluding hydrogens is 325 g/mol. The van der Waals surface area contributed by atoms with Crippen molar-refractivity contribution in [1.29, 1.82) is 0 Å². The molecule has 120 valence electrons. The van der Waals surface area contributed by atoms with Gasteiger partial charge in [0.25, 0.3) is 0 Å². The molecule has 2 N–H and O–H groups in total. The SMILES string of the molecule is O=C([C@@H]1C[C@@H](O)CN1)N1CCN(c2ccc(Cl)c(Cl)c2)CC1. The summed E-state index contributed by atoms with van der Waals surface area (Å²) in [4.78, 5) is 16.4. The third-order valence-corrected chi connectivity index (χ3v) is 5.00. The Hall–Kier alpha value is -1.01. The van der Waals surface area contributed by atoms with Gasteiger partial charge in [-0.3, -0.25) is 4.79 Å². The van der Waals surface area contributed by atoms with Gasteiger partial charge >= 0.3 is 0 Å². The van der Waals surface area contributed by atoms with Crippen molar-refractivity contribution in [1.82, 2.24) is 10.2 Å². The van der Waals surface area contributed by atoms with Crippen LogP contribution in [0.3, 0.4) is 0 Å². The summed E-state index contributed by atoms with van der Waals surface area (Å²) >= 11 is 12.0. The second kappa shape index (κ2) is 6.62. The van der Waals surface area contributed by atoms with Crippen molar-refractivity contribution in [3.63, 3.8) is 0 Å². The Balaban J connectivity index is 1.58. The molecule has 0 spiro atoms. The van der Waals surface area contributed by atoms with E-state index >= 15 is 0 Å². The van der Waals surface area contributed by atoms with Crippen molar-refractivity contribution in [2.45, 2.75) is 18.6 Å². The number of piperazine rings is 1. The summed E-state index contributed by atoms with van der Waals surface area (Å²) in [6.07, 6.45) is 0.0951. The minimum atomic E-state index is -0.411. The van der Waals surface area contributed by atoms with Gasteiger partial charge in [0.2, 0.25) is 5.91 Å². The minimum absolute atomic E-state index is 0.0883. The molecular formula is C15H19Cl2N3O2. The first kappa shape index (κ1) is 15.9. The van der Waals surface area contributed by atoms with E-state index in [4.69, 9.17) is 23.2 Å². The van der Waals surface area contributed by atoms with Crippen molar-refractivity contribution in [3.05, 3.63) is 28.2 Å². The van der Waals surface area contributed by atoms with Crippen molar-refractivity contribution in [3.8, 4) is 0 Å². The largest absolute Gasteiger partial charge is 0.392 e. The molecule has 0 saturated carbocycles. The van der Waals surface area contributed by atoms with Crippen LogP contribution in [-0.4, -0.2) is 60.8 Å². The van der Waals surface area contributed by atoms with Gasteiger partial charge in [0.05, 0.1) is 22.2 Å². The number of nitrogens with one attached hydrogen (secondary N) is 1. The number of halogens is 2. The van der Waals surface area contributed by atoms with E-state index in [1.165, 1.54) is 0 Å². The predicted octanol–water partition coefficient (Wildman–Crippen LogP) is 1.36. The molecule has 2 saturated heterocycles. The molecule has 2 fully saturated rings. The number of hydrogen-bond acceptors (Lipinski definition) is 4. The Bertz CT molecular complexity index is 562. The topological polar surface area (TPSA) is 55.8 Å². The number of aliphatic hydroxyl groups is 1. The van der Waals surface area contributed by atoms with Gasteiger partial charge < -0.3 is 20.2 Å². The number of anilines is 1. The van der Waals surface area contributed by atoms with Crippen LogP contribution >= 0.6 is 23.2 Å². The number of benzene rings is 1. The normalized spacial score (nSPS) is 25.6. The molecule has 0 aromatic heterocycles. The molecule has 2 aliphatic heterocycles. The average molecular weight is 344 g/mol. The summed E-state index contributed by atoms with van der Waals surface area (Å²) in [7, 11) is 0. The first-order valence-electron chi connectivity index (χ1n) is 7.45. The first-order chi connectivity index (χ1) is 10.5. The van der Waals surface area contributed by atoms with Crippen molar-refractivity contribution >= 4 is 34.8 Å². The lowest BCUT2D eigenvalue weighted by molar-refractivity contribution is -0.133. The first-order valence-corrected chi connectivity index (χ1v) is 8.20. The number of hydrogen-bond donors (Lipinski definition) is 2. The third-order valence-electron chi connectivity index (χ3n) is 4.27. The van der Waals surface area contributed by atoms with Crippen LogP contribution in [0.25, 0.3) is 0 Å². The second-order valence-electron chi connectivity index (χ2n) is 5.76. The quantitative estimate of drug-likeness (QED) is 0.851. The fraction of sp³-hybridized carbons (Fsp3) is 0.533. The van der Waals surface area contributed by atoms with E-state index in [2.05, 4.69) is 10.2 Å². The molecule has 2 atom stereocenters. The van der Waals surface area contributed by atoms with Gasteiger partial charge in [-0.15, -0.1) is 0 Å². The number of carbonyl (C=O) groups is 1. The van der Waals surface area contributed by atoms with Crippen LogP contribution in [0.2, 0.25) is 10.0 Å². The lowest BCUT2D eigenvalue weighted by Gasteiger charge is -2.37. The standard InChI is InChI=1S/C15H19Cl2N3O2/c16-12-2-1-10(7-13(12)17)19-3-5-20(6-4-19)15(22)14-8-11(21)9-18-14/h1-2,7,11,14,18,21H,3-6,8-9H2/t11-,14+/m1/s1. The number of aliphatic hydroxyl groups excluding tert-OH is 1. The van der Waals surface area contributed by atoms with Crippen LogP contribution in [0.5, 0.6) is 0 Å². The third kappa shape index (κ3) is 3.33. The minimum Gasteiger partial charge on any atom is -0.392 e. The highest BCUT2D eigenvalue weighted by Gasteiger charge is 2.32. The van der Waals surface area contributed by atoms with E-state index < -0.39 is 6.10 Å². The molecule has 1 aromatic rings. The van der Waals surface area contributed by atoms with E-state index in [0.29, 0.717) is 36.1 Å². The van der Waals surface area contributed by atoms with E-state index in [0.717, 1.165) is 18.8 Å². The summed E-state index contributed by atoms with van der Waals surface area (Å²) in [5, 5.41) is 13.7. The van der Waals surface area contributed by atoms with Gasteiger partial charge in [0.15, 0.2) is 0 Å². The van der Waals surface area contributed by atoms with E-state index in [1.807, 2.05) is 17.0 Å². The molecule has 7 heteroatoms. The fourth-order valence-corrected chi connectivity index (χ4v) is 3.28. The zero-order valence-corrected chi connectivity index (χ0v) is 13.6. The van der Waals surface area contributed by atoms with E-state index in [1.54, 1.807) is 6.07 Å². The summed E-state index contributed by atoms with van der Waals surface area (Å²) in [6.45, 7) is 3.37. The van der Waals surface area contributed by atoms with Gasteiger partial charge in [-0.05, 0) is 24.6 Å². The maximum Gasteiger partial charge on any atom is 0.239 e. The van der Waals surface area contributed by atoms with E-state index in [9.17, 15) is 9.90 Å². The smallest absolute Gasteiger partial charge is 0.239 e. The average Bonchev–Trinajstić information content (AvgIpc) is 2.96. The van der Waals surface area contributed by atoms with Gasteiger partial charge in [0, 0.05) is 38.4 Å². The highest BCUT2D eigenvalue weighted by atomic mass is 35.5. The molecule has 1 amide bonds. The molecule has 0 aliphatic carbocycles. The molecule has 2 heterocycles. The van der Waals surface area contributed by atoms with Crippen LogP contribution in [0.15, 0.2) is 18.2 Å². The fourth-order valence-electron chi connectivity index (χ4n) is 2.99. The zero-order chi connectivity index (χ0) is 15.7. The van der Waals surface area contributed by atoms with Crippen LogP contribution in [0, 0.1) is 0 Å². The highest BCUT2D eigenvalue weighted by Crippen LogP contribution is 2.27. The Kier molecular flexibility index (Phi) is 4.78. The molecule has 1 aromatic carbocycles. The molecule has 0 radical (unpaired) electrons. The Morgan fingerprint density at radius 2 is 1.91 bits per heavy atom. The predicted molar refractivity (Wildman–Crippen MR) is 87.7 cm³/mol. The Labute approximate surface area is 139 Å². The molecule has 3 rings (SSSR count). The molecule has 0 unspecified atom stereocenters. The number of rotatable bonds is 2. The van der Waals surface area contributed by atoms with Crippen LogP contribution < -0.4 is 10.2 Å². The zero-order valence-electron chi connectivity index (χ0n) is 12.1.